The number of amides is 3. The third-order valence-electron chi connectivity index (χ3n) is 9.90. The fourth-order valence-electron chi connectivity index (χ4n) is 7.79. The second-order valence-corrected chi connectivity index (χ2v) is 14.3. The average Bonchev–Trinajstić information content (AvgIpc) is 3.68. The van der Waals surface area contributed by atoms with Gasteiger partial charge in [-0.05, 0) is 56.2 Å². The third kappa shape index (κ3) is 7.11. The number of halogens is 1. The zero-order chi connectivity index (χ0) is 35.3. The first kappa shape index (κ1) is 36.5. The number of nitrogens with one attached hydrogen (secondary N) is 1. The summed E-state index contributed by atoms with van der Waals surface area (Å²) in [5.74, 6) is -3.25. The molecule has 0 saturated carbocycles. The number of hydrogen-bond donors (Lipinski definition) is 2. The Morgan fingerprint density at radius 2 is 1.84 bits per heavy atom. The van der Waals surface area contributed by atoms with Crippen LogP contribution in [0.3, 0.4) is 0 Å². The number of aliphatic hydroxyl groups is 1. The van der Waals surface area contributed by atoms with Gasteiger partial charge in [0.1, 0.15) is 18.2 Å². The molecule has 0 aromatic heterocycles. The summed E-state index contributed by atoms with van der Waals surface area (Å²) in [6.45, 7) is 11.8. The van der Waals surface area contributed by atoms with E-state index >= 15 is 0 Å². The fraction of sp³-hybridized carbons (Fsp3) is 0.474. The highest BCUT2D eigenvalue weighted by Crippen LogP contribution is 2.60. The van der Waals surface area contributed by atoms with Crippen molar-refractivity contribution in [1.29, 1.82) is 0 Å². The Morgan fingerprint density at radius 3 is 2.49 bits per heavy atom. The molecule has 3 fully saturated rings. The van der Waals surface area contributed by atoms with Crippen LogP contribution in [0.5, 0.6) is 0 Å². The van der Waals surface area contributed by atoms with Crippen LogP contribution in [0.2, 0.25) is 0 Å². The predicted molar refractivity (Wildman–Crippen MR) is 190 cm³/mol. The van der Waals surface area contributed by atoms with Crippen molar-refractivity contribution in [2.45, 2.75) is 74.6 Å². The number of carbonyl (C=O) groups is 4. The maximum Gasteiger partial charge on any atom is 0.306 e. The van der Waals surface area contributed by atoms with Gasteiger partial charge in [-0.3, -0.25) is 19.2 Å². The quantitative estimate of drug-likeness (QED) is 0.111. The van der Waals surface area contributed by atoms with Gasteiger partial charge in [0, 0.05) is 36.6 Å². The van der Waals surface area contributed by atoms with E-state index in [0.29, 0.717) is 25.7 Å². The maximum atomic E-state index is 14.9. The van der Waals surface area contributed by atoms with Crippen molar-refractivity contribution in [1.82, 2.24) is 10.2 Å². The molecule has 0 radical (unpaired) electrons. The van der Waals surface area contributed by atoms with Crippen LogP contribution < -0.4 is 10.2 Å². The standard InChI is InChI=1S/C38H46BrN3O7/c1-5-7-18-29(44)48-23-28(26-16-9-8-10-17-26)40-35(45)30-31-36(46)42(20-11-12-21-43)34(38(31)22-27(39)33(30)49-38)37(47)41(19-6-2)32-24(3)14-13-15-25(32)4/h5-6,8-10,13-17,27-28,30-31,33-34,43H,1-2,7,11-12,18-23H2,3-4H3,(H,40,45)/t27?,28-,30-,31+,33-,34-,38+/m1/s1. The first-order chi connectivity index (χ1) is 23.6. The monoisotopic (exact) mass is 735 g/mol. The van der Waals surface area contributed by atoms with E-state index in [9.17, 15) is 24.3 Å². The number of rotatable bonds is 16. The third-order valence-corrected chi connectivity index (χ3v) is 10.7. The number of fused-ring (bicyclic) bond motifs is 1. The molecule has 3 aliphatic heterocycles. The molecule has 3 aliphatic rings. The maximum absolute atomic E-state index is 14.9. The van der Waals surface area contributed by atoms with Crippen molar-refractivity contribution in [3.63, 3.8) is 0 Å². The molecule has 2 aromatic carbocycles. The lowest BCUT2D eigenvalue weighted by Gasteiger charge is -2.38. The minimum Gasteiger partial charge on any atom is -0.463 e. The highest BCUT2D eigenvalue weighted by molar-refractivity contribution is 9.09. The van der Waals surface area contributed by atoms with Gasteiger partial charge in [0.25, 0.3) is 5.91 Å². The van der Waals surface area contributed by atoms with E-state index in [4.69, 9.17) is 9.47 Å². The van der Waals surface area contributed by atoms with Gasteiger partial charge in [-0.1, -0.05) is 76.6 Å². The number of para-hydroxylation sites is 1. The number of hydrogen-bond acceptors (Lipinski definition) is 7. The summed E-state index contributed by atoms with van der Waals surface area (Å²) < 4.78 is 12.3. The van der Waals surface area contributed by atoms with Crippen LogP contribution in [0, 0.1) is 25.7 Å². The van der Waals surface area contributed by atoms with Crippen molar-refractivity contribution < 1.29 is 33.8 Å². The Morgan fingerprint density at radius 1 is 1.12 bits per heavy atom. The number of aryl methyl sites for hydroxylation is 2. The van der Waals surface area contributed by atoms with Crippen molar-refractivity contribution in [3.8, 4) is 0 Å². The molecule has 2 bridgehead atoms. The van der Waals surface area contributed by atoms with E-state index in [0.717, 1.165) is 22.4 Å². The van der Waals surface area contributed by atoms with Crippen molar-refractivity contribution >= 4 is 45.3 Å². The molecule has 2 N–H and O–H groups in total. The molecular formula is C38H46BrN3O7. The number of carbonyl (C=O) groups excluding carboxylic acids is 4. The summed E-state index contributed by atoms with van der Waals surface area (Å²) in [5.41, 5.74) is 2.05. The summed E-state index contributed by atoms with van der Waals surface area (Å²) in [5, 5.41) is 12.6. The number of aliphatic hydroxyl groups excluding tert-OH is 1. The number of ether oxygens (including phenoxy) is 2. The van der Waals surface area contributed by atoms with Crippen LogP contribution in [-0.4, -0.2) is 82.6 Å². The summed E-state index contributed by atoms with van der Waals surface area (Å²) in [7, 11) is 0. The van der Waals surface area contributed by atoms with Gasteiger partial charge < -0.3 is 29.7 Å². The lowest BCUT2D eigenvalue weighted by atomic mass is 9.70. The number of nitrogens with zero attached hydrogens (tertiary/aromatic N) is 2. The zero-order valence-corrected chi connectivity index (χ0v) is 29.8. The molecule has 10 nitrogen and oxygen atoms in total. The van der Waals surface area contributed by atoms with Gasteiger partial charge in [-0.2, -0.15) is 0 Å². The Balaban J connectivity index is 1.50. The number of esters is 1. The molecule has 11 heteroatoms. The molecule has 1 spiro atoms. The minimum atomic E-state index is -1.26. The molecule has 49 heavy (non-hydrogen) atoms. The Kier molecular flexibility index (Phi) is 11.8. The SMILES string of the molecule is C=CCCC(=O)OC[C@@H](NC(=O)[C@H]1[C@@H]2O[C@@]3(CC2Br)[C@@H]1C(=O)N(CCCCO)[C@@H]3C(=O)N(CC=C)c1c(C)cccc1C)c1ccccc1. The summed E-state index contributed by atoms with van der Waals surface area (Å²) in [6, 6.07) is 13.4. The van der Waals surface area contributed by atoms with Gasteiger partial charge in [0.2, 0.25) is 11.8 Å². The van der Waals surface area contributed by atoms with Crippen LogP contribution in [0.15, 0.2) is 73.8 Å². The number of allylic oxidation sites excluding steroid dienone is 1. The smallest absolute Gasteiger partial charge is 0.306 e. The number of likely N-dealkylation sites (tertiary alicyclic amines) is 1. The topological polar surface area (TPSA) is 125 Å². The molecule has 3 saturated heterocycles. The van der Waals surface area contributed by atoms with Gasteiger partial charge in [-0.15, -0.1) is 13.2 Å². The molecule has 5 rings (SSSR count). The molecule has 3 heterocycles. The second kappa shape index (κ2) is 15.8. The van der Waals surface area contributed by atoms with Gasteiger partial charge in [0.15, 0.2) is 0 Å². The Hall–Kier alpha value is -3.80. The molecule has 1 unspecified atom stereocenters. The molecule has 7 atom stereocenters. The number of anilines is 1. The Bertz CT molecular complexity index is 1550. The summed E-state index contributed by atoms with van der Waals surface area (Å²) in [4.78, 5) is 59.2. The Labute approximate surface area is 296 Å². The van der Waals surface area contributed by atoms with Crippen molar-refractivity contribution in [2.75, 3.05) is 31.2 Å². The van der Waals surface area contributed by atoms with Crippen LogP contribution in [0.4, 0.5) is 5.69 Å². The molecular weight excluding hydrogens is 690 g/mol. The van der Waals surface area contributed by atoms with E-state index in [1.54, 1.807) is 22.0 Å². The van der Waals surface area contributed by atoms with Crippen LogP contribution >= 0.6 is 15.9 Å². The zero-order valence-electron chi connectivity index (χ0n) is 28.2. The lowest BCUT2D eigenvalue weighted by molar-refractivity contribution is -0.145. The minimum absolute atomic E-state index is 0.0493. The second-order valence-electron chi connectivity index (χ2n) is 13.1. The van der Waals surface area contributed by atoms with E-state index in [2.05, 4.69) is 34.4 Å². The van der Waals surface area contributed by atoms with Crippen LogP contribution in [0.25, 0.3) is 0 Å². The van der Waals surface area contributed by atoms with Gasteiger partial charge in [0.05, 0.1) is 24.0 Å². The number of alkyl halides is 1. The lowest BCUT2D eigenvalue weighted by Crippen LogP contribution is -2.57. The number of unbranched alkanes of at least 4 members (excludes halogenated alkanes) is 1. The van der Waals surface area contributed by atoms with Crippen LogP contribution in [-0.2, 0) is 28.7 Å². The van der Waals surface area contributed by atoms with Gasteiger partial charge >= 0.3 is 5.97 Å². The van der Waals surface area contributed by atoms with E-state index in [-0.39, 0.29) is 49.4 Å². The first-order valence-corrected chi connectivity index (χ1v) is 17.8. The average molecular weight is 737 g/mol. The molecule has 262 valence electrons. The normalized spacial score (nSPS) is 25.8. The summed E-state index contributed by atoms with van der Waals surface area (Å²) in [6.07, 6.45) is 4.58. The predicted octanol–water partition coefficient (Wildman–Crippen LogP) is 4.71. The summed E-state index contributed by atoms with van der Waals surface area (Å²) >= 11 is 3.75. The van der Waals surface area contributed by atoms with Crippen molar-refractivity contribution in [2.24, 2.45) is 11.8 Å². The fourth-order valence-corrected chi connectivity index (χ4v) is 8.73. The first-order valence-electron chi connectivity index (χ1n) is 16.9. The number of benzene rings is 2. The molecule has 3 amide bonds. The highest BCUT2D eigenvalue weighted by Gasteiger charge is 2.76. The van der Waals surface area contributed by atoms with E-state index in [1.807, 2.05) is 62.4 Å². The largest absolute Gasteiger partial charge is 0.463 e. The van der Waals surface area contributed by atoms with E-state index < -0.39 is 47.5 Å². The molecule has 2 aromatic rings. The van der Waals surface area contributed by atoms with Gasteiger partial charge in [-0.25, -0.2) is 0 Å². The highest BCUT2D eigenvalue weighted by atomic mass is 79.9. The molecule has 0 aliphatic carbocycles. The van der Waals surface area contributed by atoms with Crippen molar-refractivity contribution in [3.05, 3.63) is 90.5 Å². The van der Waals surface area contributed by atoms with E-state index in [1.165, 1.54) is 0 Å². The van der Waals surface area contributed by atoms with Crippen LogP contribution in [0.1, 0.15) is 54.8 Å².